The summed E-state index contributed by atoms with van der Waals surface area (Å²) >= 11 is 0. The van der Waals surface area contributed by atoms with Crippen LogP contribution in [0.2, 0.25) is 0 Å². The third-order valence-electron chi connectivity index (χ3n) is 3.36. The maximum atomic E-state index is 14.2. The molecule has 19 heavy (non-hydrogen) atoms. The molecular weight excluding hydrogens is 265 g/mol. The predicted molar refractivity (Wildman–Crippen MR) is 76.6 cm³/mol. The van der Waals surface area contributed by atoms with Crippen LogP contribution < -0.4 is 5.32 Å². The van der Waals surface area contributed by atoms with Crippen LogP contribution in [-0.4, -0.2) is 26.5 Å². The molecule has 0 bridgehead atoms. The first-order valence-corrected chi connectivity index (χ1v) is 8.32. The SMILES string of the molecule is CCNC(c1c(C)cc(C)cc1F)C(C)S(C)(=O)=O. The molecule has 0 aromatic heterocycles. The molecule has 108 valence electrons. The van der Waals surface area contributed by atoms with E-state index in [0.29, 0.717) is 12.1 Å². The van der Waals surface area contributed by atoms with E-state index in [0.717, 1.165) is 11.1 Å². The van der Waals surface area contributed by atoms with Gasteiger partial charge in [0.1, 0.15) is 5.82 Å². The molecule has 3 nitrogen and oxygen atoms in total. The topological polar surface area (TPSA) is 46.2 Å². The van der Waals surface area contributed by atoms with Crippen LogP contribution in [0.5, 0.6) is 0 Å². The number of halogens is 1. The zero-order chi connectivity index (χ0) is 14.8. The quantitative estimate of drug-likeness (QED) is 0.905. The van der Waals surface area contributed by atoms with E-state index in [-0.39, 0.29) is 5.82 Å². The minimum atomic E-state index is -3.25. The van der Waals surface area contributed by atoms with Gasteiger partial charge in [-0.2, -0.15) is 0 Å². The second-order valence-corrected chi connectivity index (χ2v) is 7.45. The molecule has 0 saturated carbocycles. The molecule has 1 aromatic rings. The number of nitrogens with one attached hydrogen (secondary N) is 1. The molecular formula is C14H22FNO2S. The molecule has 5 heteroatoms. The maximum Gasteiger partial charge on any atom is 0.151 e. The van der Waals surface area contributed by atoms with Crippen LogP contribution in [0.15, 0.2) is 12.1 Å². The van der Waals surface area contributed by atoms with Crippen LogP contribution in [0.1, 0.15) is 36.6 Å². The molecule has 0 amide bonds. The van der Waals surface area contributed by atoms with E-state index in [1.807, 2.05) is 26.8 Å². The Morgan fingerprint density at radius 2 is 1.89 bits per heavy atom. The van der Waals surface area contributed by atoms with Crippen LogP contribution in [0, 0.1) is 19.7 Å². The smallest absolute Gasteiger partial charge is 0.151 e. The van der Waals surface area contributed by atoms with Crippen molar-refractivity contribution in [1.82, 2.24) is 5.32 Å². The number of hydrogen-bond acceptors (Lipinski definition) is 3. The van der Waals surface area contributed by atoms with Gasteiger partial charge in [0.25, 0.3) is 0 Å². The zero-order valence-corrected chi connectivity index (χ0v) is 12.9. The van der Waals surface area contributed by atoms with E-state index in [9.17, 15) is 12.8 Å². The minimum absolute atomic E-state index is 0.348. The summed E-state index contributed by atoms with van der Waals surface area (Å²) in [6.45, 7) is 7.70. The minimum Gasteiger partial charge on any atom is -0.309 e. The Bertz CT molecular complexity index is 532. The van der Waals surface area contributed by atoms with Gasteiger partial charge in [-0.1, -0.05) is 13.0 Å². The summed E-state index contributed by atoms with van der Waals surface area (Å²) in [5.74, 6) is -0.348. The van der Waals surface area contributed by atoms with E-state index in [1.165, 1.54) is 12.3 Å². The average Bonchev–Trinajstić information content (AvgIpc) is 2.24. The first-order chi connectivity index (χ1) is 8.68. The third-order valence-corrected chi connectivity index (χ3v) is 4.98. The second kappa shape index (κ2) is 6.01. The second-order valence-electron chi connectivity index (χ2n) is 5.05. The Hall–Kier alpha value is -0.940. The normalized spacial score (nSPS) is 15.3. The van der Waals surface area contributed by atoms with E-state index >= 15 is 0 Å². The van der Waals surface area contributed by atoms with Crippen molar-refractivity contribution in [3.8, 4) is 0 Å². The van der Waals surface area contributed by atoms with Crippen molar-refractivity contribution in [3.63, 3.8) is 0 Å². The average molecular weight is 287 g/mol. The molecule has 0 aliphatic rings. The fraction of sp³-hybridized carbons (Fsp3) is 0.571. The predicted octanol–water partition coefficient (Wildman–Crippen LogP) is 2.53. The first kappa shape index (κ1) is 16.1. The largest absolute Gasteiger partial charge is 0.309 e. The summed E-state index contributed by atoms with van der Waals surface area (Å²) in [6, 6.07) is 2.79. The Labute approximate surface area is 115 Å². The monoisotopic (exact) mass is 287 g/mol. The van der Waals surface area contributed by atoms with Gasteiger partial charge in [0, 0.05) is 11.8 Å². The molecule has 0 fully saturated rings. The lowest BCUT2D eigenvalue weighted by Crippen LogP contribution is -2.36. The number of benzene rings is 1. The van der Waals surface area contributed by atoms with E-state index < -0.39 is 21.1 Å². The molecule has 0 aliphatic carbocycles. The van der Waals surface area contributed by atoms with E-state index in [1.54, 1.807) is 6.92 Å². The van der Waals surface area contributed by atoms with E-state index in [4.69, 9.17) is 0 Å². The summed E-state index contributed by atoms with van der Waals surface area (Å²) in [6.07, 6.45) is 1.18. The maximum absolute atomic E-state index is 14.2. The molecule has 2 atom stereocenters. The number of rotatable bonds is 5. The standard InChI is InChI=1S/C14H22FNO2S/c1-6-16-14(11(4)19(5,17)18)13-10(3)7-9(2)8-12(13)15/h7-8,11,14,16H,6H2,1-5H3. The van der Waals surface area contributed by atoms with Gasteiger partial charge in [0.2, 0.25) is 0 Å². The summed E-state index contributed by atoms with van der Waals surface area (Å²) in [7, 11) is -3.25. The van der Waals surface area contributed by atoms with Crippen LogP contribution >= 0.6 is 0 Å². The van der Waals surface area contributed by atoms with Crippen molar-refractivity contribution in [3.05, 3.63) is 34.6 Å². The van der Waals surface area contributed by atoms with Gasteiger partial charge in [-0.15, -0.1) is 0 Å². The highest BCUT2D eigenvalue weighted by molar-refractivity contribution is 7.91. The lowest BCUT2D eigenvalue weighted by Gasteiger charge is -2.26. The molecule has 1 rings (SSSR count). The van der Waals surface area contributed by atoms with Crippen LogP contribution in [0.4, 0.5) is 4.39 Å². The number of sulfone groups is 1. The fourth-order valence-electron chi connectivity index (χ4n) is 2.29. The highest BCUT2D eigenvalue weighted by atomic mass is 32.2. The van der Waals surface area contributed by atoms with Gasteiger partial charge in [-0.05, 0) is 44.5 Å². The highest BCUT2D eigenvalue weighted by Gasteiger charge is 2.29. The molecule has 2 unspecified atom stereocenters. The lowest BCUT2D eigenvalue weighted by atomic mass is 9.96. The van der Waals surface area contributed by atoms with E-state index in [2.05, 4.69) is 5.32 Å². The van der Waals surface area contributed by atoms with Gasteiger partial charge < -0.3 is 5.32 Å². The van der Waals surface area contributed by atoms with Crippen molar-refractivity contribution in [2.24, 2.45) is 0 Å². The summed E-state index contributed by atoms with van der Waals surface area (Å²) in [5, 5.41) is 2.41. The molecule has 1 N–H and O–H groups in total. The Morgan fingerprint density at radius 1 is 1.32 bits per heavy atom. The van der Waals surface area contributed by atoms with Gasteiger partial charge in [0.05, 0.1) is 11.3 Å². The third kappa shape index (κ3) is 3.76. The zero-order valence-electron chi connectivity index (χ0n) is 12.1. The Balaban J connectivity index is 3.35. The van der Waals surface area contributed by atoms with Crippen molar-refractivity contribution in [2.75, 3.05) is 12.8 Å². The Morgan fingerprint density at radius 3 is 2.32 bits per heavy atom. The van der Waals surface area contributed by atoms with Crippen molar-refractivity contribution >= 4 is 9.84 Å². The van der Waals surface area contributed by atoms with Gasteiger partial charge in [0.15, 0.2) is 9.84 Å². The number of hydrogen-bond donors (Lipinski definition) is 1. The Kier molecular flexibility index (Phi) is 5.10. The molecule has 0 saturated heterocycles. The van der Waals surface area contributed by atoms with Crippen LogP contribution in [0.3, 0.4) is 0 Å². The summed E-state index contributed by atoms with van der Waals surface area (Å²) < 4.78 is 37.7. The lowest BCUT2D eigenvalue weighted by molar-refractivity contribution is 0.486. The molecule has 0 spiro atoms. The van der Waals surface area contributed by atoms with Crippen molar-refractivity contribution in [2.45, 2.75) is 39.0 Å². The van der Waals surface area contributed by atoms with Crippen LogP contribution in [0.25, 0.3) is 0 Å². The van der Waals surface area contributed by atoms with Gasteiger partial charge >= 0.3 is 0 Å². The van der Waals surface area contributed by atoms with Gasteiger partial charge in [-0.3, -0.25) is 0 Å². The first-order valence-electron chi connectivity index (χ1n) is 6.37. The summed E-state index contributed by atoms with van der Waals surface area (Å²) in [5.41, 5.74) is 2.06. The molecule has 0 aliphatic heterocycles. The van der Waals surface area contributed by atoms with Gasteiger partial charge in [-0.25, -0.2) is 12.8 Å². The highest BCUT2D eigenvalue weighted by Crippen LogP contribution is 2.28. The van der Waals surface area contributed by atoms with Crippen molar-refractivity contribution < 1.29 is 12.8 Å². The number of aryl methyl sites for hydroxylation is 2. The molecule has 1 aromatic carbocycles. The molecule has 0 radical (unpaired) electrons. The summed E-state index contributed by atoms with van der Waals surface area (Å²) in [4.78, 5) is 0. The fourth-order valence-corrected chi connectivity index (χ4v) is 3.02. The van der Waals surface area contributed by atoms with Crippen molar-refractivity contribution in [1.29, 1.82) is 0 Å². The molecule has 0 heterocycles. The van der Waals surface area contributed by atoms with Crippen LogP contribution in [-0.2, 0) is 9.84 Å².